The van der Waals surface area contributed by atoms with Crippen LogP contribution in [0.5, 0.6) is 0 Å². The minimum atomic E-state index is -3.29. The molecule has 0 saturated carbocycles. The van der Waals surface area contributed by atoms with Crippen LogP contribution < -0.4 is 22.5 Å². The molecule has 0 amide bonds. The number of nitrogens with zero attached hydrogens (tertiary/aromatic N) is 2. The molecule has 7 aromatic carbocycles. The number of para-hydroxylation sites is 1. The molecule has 0 radical (unpaired) electrons. The predicted octanol–water partition coefficient (Wildman–Crippen LogP) is 8.75. The maximum atomic E-state index is 7.35. The number of benzene rings is 7. The van der Waals surface area contributed by atoms with Gasteiger partial charge in [0.2, 0.25) is 0 Å². The maximum absolute atomic E-state index is 7.35. The Kier molecular flexibility index (Phi) is 8.33. The average Bonchev–Trinajstić information content (AvgIpc) is 3.15. The van der Waals surface area contributed by atoms with Gasteiger partial charge in [0, 0.05) is 0 Å². The Balaban J connectivity index is 1.29. The molecule has 0 aliphatic heterocycles. The first kappa shape index (κ1) is 29.1. The monoisotopic (exact) mass is 650 g/mol. The number of hydrogen-bond donors (Lipinski definition) is 0. The van der Waals surface area contributed by atoms with Gasteiger partial charge in [-0.15, -0.1) is 0 Å². The molecule has 7 rings (SSSR count). The summed E-state index contributed by atoms with van der Waals surface area (Å²) in [5.41, 5.74) is 6.14. The zero-order valence-corrected chi connectivity index (χ0v) is 27.5. The van der Waals surface area contributed by atoms with E-state index in [1.165, 1.54) is 28.7 Å². The predicted molar refractivity (Wildman–Crippen MR) is 196 cm³/mol. The Morgan fingerprint density at radius 1 is 0.348 bits per heavy atom. The SMILES string of the molecule is [C-]#[N+]c1ccc(N(c2ccccc2)c2ccc(-c3cc[c]([Ge]([c]4ccccc4)([c]4ccccc4)[c]4ccccc4)cc3)cc2)cc1. The number of hydrogen-bond acceptors (Lipinski definition) is 1. The molecule has 0 saturated heterocycles. The Bertz CT molecular complexity index is 1960. The number of anilines is 3. The molecule has 0 fully saturated rings. The Hall–Kier alpha value is -5.63. The summed E-state index contributed by atoms with van der Waals surface area (Å²) in [6.07, 6.45) is 0. The van der Waals surface area contributed by atoms with Crippen LogP contribution in [0.15, 0.2) is 194 Å². The van der Waals surface area contributed by atoms with Crippen molar-refractivity contribution < 1.29 is 0 Å². The fourth-order valence-corrected chi connectivity index (χ4v) is 16.4. The molecular formula is C43H32GeN2. The van der Waals surface area contributed by atoms with Crippen LogP contribution in [0.1, 0.15) is 0 Å². The third-order valence-corrected chi connectivity index (χ3v) is 18.7. The van der Waals surface area contributed by atoms with Gasteiger partial charge in [0.1, 0.15) is 0 Å². The van der Waals surface area contributed by atoms with Crippen molar-refractivity contribution in [3.63, 3.8) is 0 Å². The summed E-state index contributed by atoms with van der Waals surface area (Å²) < 4.78 is 5.66. The summed E-state index contributed by atoms with van der Waals surface area (Å²) in [6, 6.07) is 69.5. The molecule has 46 heavy (non-hydrogen) atoms. The standard InChI is InChI=1S/C43H32GeN2/c1-45-40-28-32-43(33-29-40)46(41-20-12-5-13-21-41)42-30-24-35(25-31-42)34-22-26-39(27-23-34)44(36-14-6-2-7-15-36,37-16-8-3-9-17-37)38-18-10-4-11-19-38/h2-33H. The molecule has 0 N–H and O–H groups in total. The van der Waals surface area contributed by atoms with E-state index >= 15 is 0 Å². The van der Waals surface area contributed by atoms with Crippen molar-refractivity contribution in [1.82, 2.24) is 0 Å². The zero-order valence-electron chi connectivity index (χ0n) is 25.4. The Morgan fingerprint density at radius 3 is 1.09 bits per heavy atom. The fraction of sp³-hybridized carbons (Fsp3) is 0. The Morgan fingerprint density at radius 2 is 0.674 bits per heavy atom. The van der Waals surface area contributed by atoms with Crippen LogP contribution in [0.4, 0.5) is 22.7 Å². The molecule has 0 atom stereocenters. The zero-order chi connectivity index (χ0) is 31.2. The van der Waals surface area contributed by atoms with E-state index in [4.69, 9.17) is 6.57 Å². The van der Waals surface area contributed by atoms with Gasteiger partial charge in [-0.1, -0.05) is 6.07 Å². The van der Waals surface area contributed by atoms with Crippen LogP contribution in [-0.2, 0) is 0 Å². The second-order valence-electron chi connectivity index (χ2n) is 11.3. The van der Waals surface area contributed by atoms with E-state index in [0.717, 1.165) is 17.1 Å². The molecule has 0 aromatic heterocycles. The van der Waals surface area contributed by atoms with Crippen molar-refractivity contribution in [3.05, 3.63) is 206 Å². The van der Waals surface area contributed by atoms with Crippen molar-refractivity contribution in [2.75, 3.05) is 4.90 Å². The van der Waals surface area contributed by atoms with Crippen LogP contribution in [0.2, 0.25) is 0 Å². The molecule has 0 unspecified atom stereocenters. The van der Waals surface area contributed by atoms with E-state index in [1.807, 2.05) is 30.3 Å². The first-order valence-corrected chi connectivity index (χ1v) is 19.7. The molecule has 218 valence electrons. The van der Waals surface area contributed by atoms with Gasteiger partial charge in [-0.3, -0.25) is 0 Å². The summed E-state index contributed by atoms with van der Waals surface area (Å²) in [5.74, 6) is 0. The van der Waals surface area contributed by atoms with E-state index < -0.39 is 13.3 Å². The molecule has 0 spiro atoms. The van der Waals surface area contributed by atoms with Crippen LogP contribution in [0.3, 0.4) is 0 Å². The van der Waals surface area contributed by atoms with Gasteiger partial charge in [0.15, 0.2) is 5.69 Å². The van der Waals surface area contributed by atoms with Gasteiger partial charge in [-0.2, -0.15) is 0 Å². The third kappa shape index (κ3) is 5.54. The van der Waals surface area contributed by atoms with Gasteiger partial charge in [0.05, 0.1) is 6.57 Å². The summed E-state index contributed by atoms with van der Waals surface area (Å²) in [5, 5.41) is 0. The van der Waals surface area contributed by atoms with Crippen molar-refractivity contribution in [3.8, 4) is 11.1 Å². The van der Waals surface area contributed by atoms with Gasteiger partial charge < -0.3 is 0 Å². The minimum absolute atomic E-state index is 0.635. The Labute approximate surface area is 274 Å². The summed E-state index contributed by atoms with van der Waals surface area (Å²) >= 11 is -3.29. The van der Waals surface area contributed by atoms with Gasteiger partial charge in [-0.25, -0.2) is 4.85 Å². The van der Waals surface area contributed by atoms with Crippen molar-refractivity contribution in [1.29, 1.82) is 0 Å². The second-order valence-corrected chi connectivity index (χ2v) is 19.3. The van der Waals surface area contributed by atoms with E-state index in [0.29, 0.717) is 5.69 Å². The molecule has 0 aliphatic rings. The van der Waals surface area contributed by atoms with Crippen molar-refractivity contribution in [2.45, 2.75) is 0 Å². The summed E-state index contributed by atoms with van der Waals surface area (Å²) in [7, 11) is 0. The first-order valence-electron chi connectivity index (χ1n) is 15.5. The number of rotatable bonds is 8. The van der Waals surface area contributed by atoms with E-state index in [-0.39, 0.29) is 0 Å². The third-order valence-electron chi connectivity index (χ3n) is 8.65. The van der Waals surface area contributed by atoms with Gasteiger partial charge in [-0.05, 0) is 0 Å². The first-order chi connectivity index (χ1) is 22.8. The summed E-state index contributed by atoms with van der Waals surface area (Å²) in [4.78, 5) is 5.79. The van der Waals surface area contributed by atoms with Gasteiger partial charge in [0.25, 0.3) is 0 Å². The molecule has 3 heteroatoms. The van der Waals surface area contributed by atoms with Crippen LogP contribution in [-0.4, -0.2) is 13.3 Å². The molecule has 0 bridgehead atoms. The van der Waals surface area contributed by atoms with Gasteiger partial charge >= 0.3 is 252 Å². The van der Waals surface area contributed by atoms with Crippen molar-refractivity contribution >= 4 is 53.6 Å². The molecule has 0 heterocycles. The molecular weight excluding hydrogens is 617 g/mol. The molecule has 0 aliphatic carbocycles. The topological polar surface area (TPSA) is 7.60 Å². The molecule has 7 aromatic rings. The normalized spacial score (nSPS) is 11.0. The van der Waals surface area contributed by atoms with E-state index in [9.17, 15) is 0 Å². The average molecular weight is 649 g/mol. The summed E-state index contributed by atoms with van der Waals surface area (Å²) in [6.45, 7) is 7.35. The fourth-order valence-electron chi connectivity index (χ4n) is 6.48. The van der Waals surface area contributed by atoms with E-state index in [2.05, 4.69) is 174 Å². The quantitative estimate of drug-likeness (QED) is 0.118. The van der Waals surface area contributed by atoms with E-state index in [1.54, 1.807) is 0 Å². The van der Waals surface area contributed by atoms with Crippen LogP contribution in [0, 0.1) is 6.57 Å². The molecule has 2 nitrogen and oxygen atoms in total. The van der Waals surface area contributed by atoms with Crippen LogP contribution >= 0.6 is 0 Å². The van der Waals surface area contributed by atoms with Crippen LogP contribution in [0.25, 0.3) is 16.0 Å². The van der Waals surface area contributed by atoms with Crippen molar-refractivity contribution in [2.24, 2.45) is 0 Å². The second kappa shape index (κ2) is 13.2.